The number of carbonyl (C=O) groups excluding carboxylic acids is 2. The fourth-order valence-electron chi connectivity index (χ4n) is 2.26. The van der Waals surface area contributed by atoms with Crippen molar-refractivity contribution in [1.29, 1.82) is 5.26 Å². The van der Waals surface area contributed by atoms with E-state index in [1.807, 2.05) is 11.0 Å². The van der Waals surface area contributed by atoms with E-state index in [0.29, 0.717) is 32.8 Å². The third-order valence-corrected chi connectivity index (χ3v) is 3.34. The fourth-order valence-corrected chi connectivity index (χ4v) is 2.26. The molecule has 7 heteroatoms. The lowest BCUT2D eigenvalue weighted by atomic mass is 9.98. The van der Waals surface area contributed by atoms with E-state index in [0.717, 1.165) is 12.8 Å². The highest BCUT2D eigenvalue weighted by molar-refractivity contribution is 5.97. The number of methoxy groups -OCH3 is 1. The number of esters is 1. The zero-order valence-corrected chi connectivity index (χ0v) is 13.1. The molecule has 1 aliphatic rings. The van der Waals surface area contributed by atoms with Crippen LogP contribution in [-0.4, -0.2) is 56.7 Å². The van der Waals surface area contributed by atoms with Gasteiger partial charge < -0.3 is 19.7 Å². The van der Waals surface area contributed by atoms with Crippen LogP contribution in [0.2, 0.25) is 0 Å². The molecule has 7 nitrogen and oxygen atoms in total. The number of ether oxygens (including phenoxy) is 2. The fraction of sp³-hybridized carbons (Fsp3) is 0.667. The van der Waals surface area contributed by atoms with Gasteiger partial charge in [-0.2, -0.15) is 5.26 Å². The molecule has 0 radical (unpaired) electrons. The number of hydrogen-bond donors (Lipinski definition) is 1. The summed E-state index contributed by atoms with van der Waals surface area (Å²) < 4.78 is 9.87. The van der Waals surface area contributed by atoms with Crippen molar-refractivity contribution in [2.45, 2.75) is 19.8 Å². The van der Waals surface area contributed by atoms with E-state index < -0.39 is 5.91 Å². The second-order valence-corrected chi connectivity index (χ2v) is 4.99. The number of nitrogens with zero attached hydrogens (tertiary/aromatic N) is 2. The van der Waals surface area contributed by atoms with Gasteiger partial charge in [-0.3, -0.25) is 9.59 Å². The highest BCUT2D eigenvalue weighted by atomic mass is 16.5. The average Bonchev–Trinajstić information content (AvgIpc) is 2.53. The van der Waals surface area contributed by atoms with Crippen LogP contribution in [0.3, 0.4) is 0 Å². The minimum Gasteiger partial charge on any atom is -0.466 e. The zero-order chi connectivity index (χ0) is 16.4. The molecule has 0 aromatic carbocycles. The van der Waals surface area contributed by atoms with Crippen molar-refractivity contribution in [3.63, 3.8) is 0 Å². The lowest BCUT2D eigenvalue weighted by Crippen LogP contribution is -2.37. The number of amides is 1. The van der Waals surface area contributed by atoms with Gasteiger partial charge in [0.25, 0.3) is 5.91 Å². The standard InChI is InChI=1S/C15H23N3O4/c1-3-22-15(20)12-5-4-7-18(10-12)11-13(9-16)14(19)17-6-8-21-2/h11-12H,3-8,10H2,1-2H3,(H,17,19)/b13-11-. The van der Waals surface area contributed by atoms with Crippen LogP contribution in [0.5, 0.6) is 0 Å². The molecule has 1 N–H and O–H groups in total. The lowest BCUT2D eigenvalue weighted by Gasteiger charge is -2.30. The zero-order valence-electron chi connectivity index (χ0n) is 13.1. The summed E-state index contributed by atoms with van der Waals surface area (Å²) in [4.78, 5) is 25.5. The van der Waals surface area contributed by atoms with Crippen molar-refractivity contribution in [2.75, 3.05) is 40.0 Å². The third-order valence-electron chi connectivity index (χ3n) is 3.34. The molecule has 1 unspecified atom stereocenters. The molecule has 0 aliphatic carbocycles. The van der Waals surface area contributed by atoms with Crippen LogP contribution in [0.1, 0.15) is 19.8 Å². The summed E-state index contributed by atoms with van der Waals surface area (Å²) in [7, 11) is 1.54. The topological polar surface area (TPSA) is 91.7 Å². The van der Waals surface area contributed by atoms with E-state index >= 15 is 0 Å². The van der Waals surface area contributed by atoms with E-state index in [-0.39, 0.29) is 17.5 Å². The Bertz CT molecular complexity index is 456. The highest BCUT2D eigenvalue weighted by Crippen LogP contribution is 2.18. The maximum atomic E-state index is 11.9. The van der Waals surface area contributed by atoms with Crippen molar-refractivity contribution in [2.24, 2.45) is 5.92 Å². The molecule has 0 spiro atoms. The minimum absolute atomic E-state index is 0.0283. The van der Waals surface area contributed by atoms with Crippen LogP contribution in [0.4, 0.5) is 0 Å². The molecule has 0 aromatic heterocycles. The van der Waals surface area contributed by atoms with E-state index in [1.165, 1.54) is 13.3 Å². The summed E-state index contributed by atoms with van der Waals surface area (Å²) in [6.45, 7) is 4.05. The maximum absolute atomic E-state index is 11.9. The second kappa shape index (κ2) is 9.79. The molecular formula is C15H23N3O4. The molecule has 1 aliphatic heterocycles. The molecule has 0 aromatic rings. The van der Waals surface area contributed by atoms with Gasteiger partial charge in [0.1, 0.15) is 11.6 Å². The molecule has 1 fully saturated rings. The Labute approximate surface area is 130 Å². The Morgan fingerprint density at radius 2 is 2.27 bits per heavy atom. The maximum Gasteiger partial charge on any atom is 0.310 e. The molecule has 122 valence electrons. The van der Waals surface area contributed by atoms with E-state index in [1.54, 1.807) is 6.92 Å². The van der Waals surface area contributed by atoms with Crippen molar-refractivity contribution in [3.8, 4) is 6.07 Å². The summed E-state index contributed by atoms with van der Waals surface area (Å²) in [5.74, 6) is -0.858. The van der Waals surface area contributed by atoms with Crippen LogP contribution >= 0.6 is 0 Å². The first kappa shape index (κ1) is 18.0. The van der Waals surface area contributed by atoms with Crippen molar-refractivity contribution >= 4 is 11.9 Å². The molecule has 1 heterocycles. The summed E-state index contributed by atoms with van der Waals surface area (Å²) in [5.41, 5.74) is 0.0283. The summed E-state index contributed by atoms with van der Waals surface area (Å²) >= 11 is 0. The van der Waals surface area contributed by atoms with Gasteiger partial charge in [-0.05, 0) is 19.8 Å². The van der Waals surface area contributed by atoms with Gasteiger partial charge in [0.05, 0.1) is 19.1 Å². The first-order chi connectivity index (χ1) is 10.6. The number of likely N-dealkylation sites (tertiary alicyclic amines) is 1. The molecule has 1 amide bonds. The van der Waals surface area contributed by atoms with Gasteiger partial charge in [0.2, 0.25) is 0 Å². The van der Waals surface area contributed by atoms with Gasteiger partial charge in [-0.1, -0.05) is 0 Å². The SMILES string of the molecule is CCOC(=O)C1CCCN(/C=C(/C#N)C(=O)NCCOC)C1. The number of rotatable bonds is 7. The van der Waals surface area contributed by atoms with Crippen LogP contribution in [0.25, 0.3) is 0 Å². The van der Waals surface area contributed by atoms with Crippen LogP contribution < -0.4 is 5.32 Å². The predicted molar refractivity (Wildman–Crippen MR) is 79.5 cm³/mol. The quantitative estimate of drug-likeness (QED) is 0.317. The molecule has 1 rings (SSSR count). The lowest BCUT2D eigenvalue weighted by molar-refractivity contribution is -0.149. The third kappa shape index (κ3) is 5.74. The molecular weight excluding hydrogens is 286 g/mol. The normalized spacial score (nSPS) is 18.5. The second-order valence-electron chi connectivity index (χ2n) is 4.99. The van der Waals surface area contributed by atoms with Crippen LogP contribution in [-0.2, 0) is 19.1 Å². The number of hydrogen-bond acceptors (Lipinski definition) is 6. The van der Waals surface area contributed by atoms with Gasteiger partial charge in [0, 0.05) is 32.9 Å². The predicted octanol–water partition coefficient (Wildman–Crippen LogP) is 0.432. The Balaban J connectivity index is 2.62. The number of carbonyl (C=O) groups is 2. The Hall–Kier alpha value is -2.07. The molecule has 1 atom stereocenters. The highest BCUT2D eigenvalue weighted by Gasteiger charge is 2.26. The Kier molecular flexibility index (Phi) is 8.00. The van der Waals surface area contributed by atoms with E-state index in [9.17, 15) is 9.59 Å². The Morgan fingerprint density at radius 1 is 1.50 bits per heavy atom. The number of piperidine rings is 1. The van der Waals surface area contributed by atoms with Crippen LogP contribution in [0, 0.1) is 17.2 Å². The minimum atomic E-state index is -0.433. The smallest absolute Gasteiger partial charge is 0.310 e. The molecule has 22 heavy (non-hydrogen) atoms. The monoisotopic (exact) mass is 309 g/mol. The van der Waals surface area contributed by atoms with Gasteiger partial charge in [-0.25, -0.2) is 0 Å². The van der Waals surface area contributed by atoms with Crippen molar-refractivity contribution in [3.05, 3.63) is 11.8 Å². The van der Waals surface area contributed by atoms with Crippen LogP contribution in [0.15, 0.2) is 11.8 Å². The number of nitrogens with one attached hydrogen (secondary N) is 1. The van der Waals surface area contributed by atoms with Gasteiger partial charge >= 0.3 is 5.97 Å². The number of nitriles is 1. The van der Waals surface area contributed by atoms with Gasteiger partial charge in [-0.15, -0.1) is 0 Å². The molecule has 0 saturated carbocycles. The summed E-state index contributed by atoms with van der Waals surface area (Å²) in [6.07, 6.45) is 3.11. The first-order valence-electron chi connectivity index (χ1n) is 7.42. The largest absolute Gasteiger partial charge is 0.466 e. The van der Waals surface area contributed by atoms with Crippen molar-refractivity contribution < 1.29 is 19.1 Å². The molecule has 1 saturated heterocycles. The van der Waals surface area contributed by atoms with E-state index in [2.05, 4.69) is 5.32 Å². The van der Waals surface area contributed by atoms with E-state index in [4.69, 9.17) is 14.7 Å². The Morgan fingerprint density at radius 3 is 2.91 bits per heavy atom. The van der Waals surface area contributed by atoms with Gasteiger partial charge in [0.15, 0.2) is 0 Å². The first-order valence-corrected chi connectivity index (χ1v) is 7.42. The summed E-state index contributed by atoms with van der Waals surface area (Å²) in [5, 5.41) is 11.7. The van der Waals surface area contributed by atoms with Crippen molar-refractivity contribution in [1.82, 2.24) is 10.2 Å². The summed E-state index contributed by atoms with van der Waals surface area (Å²) in [6, 6.07) is 1.90. The average molecular weight is 309 g/mol. The molecule has 0 bridgehead atoms.